The summed E-state index contributed by atoms with van der Waals surface area (Å²) in [6, 6.07) is 162. The van der Waals surface area contributed by atoms with Crippen molar-refractivity contribution in [2.75, 3.05) is 7.11 Å². The first-order valence-electron chi connectivity index (χ1n) is 50.7. The zero-order valence-corrected chi connectivity index (χ0v) is 82.1. The molecule has 28 aromatic rings. The quantitative estimate of drug-likeness (QED) is 0.136. The second-order valence-electron chi connectivity index (χ2n) is 41.3. The molecule has 0 amide bonds. The number of ether oxygens (including phenoxy) is 1. The van der Waals surface area contributed by atoms with Crippen LogP contribution in [0.3, 0.4) is 0 Å². The summed E-state index contributed by atoms with van der Waals surface area (Å²) in [7, 11) is 1.70. The zero-order valence-electron chi connectivity index (χ0n) is 82.1. The van der Waals surface area contributed by atoms with Gasteiger partial charge in [-0.05, 0) is 281 Å². The second-order valence-corrected chi connectivity index (χ2v) is 41.3. The van der Waals surface area contributed by atoms with E-state index in [1.54, 1.807) is 7.11 Å². The van der Waals surface area contributed by atoms with Crippen molar-refractivity contribution in [1.29, 1.82) is 0 Å². The van der Waals surface area contributed by atoms with E-state index in [9.17, 15) is 0 Å². The average Bonchev–Trinajstić information content (AvgIpc) is 1.55. The van der Waals surface area contributed by atoms with Gasteiger partial charge in [0.25, 0.3) is 0 Å². The van der Waals surface area contributed by atoms with Crippen molar-refractivity contribution >= 4 is 142 Å². The van der Waals surface area contributed by atoms with E-state index in [1.807, 2.05) is 60.7 Å². The van der Waals surface area contributed by atoms with Crippen molar-refractivity contribution in [2.45, 2.75) is 57.8 Å². The summed E-state index contributed by atoms with van der Waals surface area (Å²) < 4.78 is 31.9. The van der Waals surface area contributed by atoms with Crippen LogP contribution in [0.4, 0.5) is 0 Å². The predicted molar refractivity (Wildman–Crippen MR) is 609 cm³/mol. The molecule has 0 spiro atoms. The lowest BCUT2D eigenvalue weighted by atomic mass is 9.82. The Balaban J connectivity index is 0.000000106. The van der Waals surface area contributed by atoms with Crippen LogP contribution in [0.5, 0.6) is 5.75 Å². The minimum absolute atomic E-state index is 0.161. The van der Waals surface area contributed by atoms with Crippen molar-refractivity contribution in [2.24, 2.45) is 0 Å². The maximum Gasteiger partial charge on any atom is 0.160 e. The summed E-state index contributed by atoms with van der Waals surface area (Å²) >= 11 is 0. The predicted octanol–water partition coefficient (Wildman–Crippen LogP) is 36.9. The van der Waals surface area contributed by atoms with Gasteiger partial charge >= 0.3 is 0 Å². The molecule has 9 heteroatoms. The number of methoxy groups -OCH3 is 1. The molecule has 0 saturated carbocycles. The van der Waals surface area contributed by atoms with Crippen LogP contribution < -0.4 is 4.74 Å². The molecule has 3 aliphatic rings. The Hall–Kier alpha value is -18.4. The van der Waals surface area contributed by atoms with E-state index in [2.05, 4.69) is 443 Å². The fourth-order valence-electron chi connectivity index (χ4n) is 24.6. The number of nitrogens with zero attached hydrogens (tertiary/aromatic N) is 5. The molecule has 0 saturated heterocycles. The number of furan rings is 3. The monoisotopic (exact) mass is 1890 g/mol. The molecule has 3 aliphatic carbocycles. The third-order valence-corrected chi connectivity index (χ3v) is 32.1. The molecule has 147 heavy (non-hydrogen) atoms. The standard InChI is InChI=1S/C55H37N3O.C43H29NO.C40H29NO2/c1-55(2)46-31-51-43(40-20-12-13-21-50(40)58(51)39-18-10-5-11-19-39)29-41(46)42-30-45-44-28-38(26-27-52(44)59-53(45)32-47(42)55)34-22-24-36(25-23-34)49-33-48(35-14-6-3-7-15-35)56-54(57-49)37-16-8-4-9-17-37;1-43(2)37-24-40-35(22-33(37)34-23-36-32-14-6-8-17-41(32)45-42(36)25-38(34)43)31-13-5-7-16-39(31)44(40)28-20-18-27(19-21-28)30-15-9-11-26-10-3-4-12-29(26)30;1-40(2)34-22-37-32(20-30(34)31-21-33-29-9-5-7-11-38(29)43-39(33)23-35(31)40)28-8-4-6-10-36(28)41(37)26-16-12-24(13-17-26)25-14-18-27(42-3)19-15-25/h3-33H,1-2H3;3-25H,1-2H3;4-23H,1-3H3. The minimum Gasteiger partial charge on any atom is -0.497 e. The topological polar surface area (TPSA) is 89.2 Å². The van der Waals surface area contributed by atoms with Gasteiger partial charge in [-0.25, -0.2) is 9.97 Å². The first-order valence-corrected chi connectivity index (χ1v) is 50.7. The highest BCUT2D eigenvalue weighted by Crippen LogP contribution is 2.58. The van der Waals surface area contributed by atoms with Crippen LogP contribution in [0.15, 0.2) is 462 Å². The number of para-hydroxylation sites is 6. The molecule has 0 atom stereocenters. The Kier molecular flexibility index (Phi) is 18.9. The summed E-state index contributed by atoms with van der Waals surface area (Å²) in [4.78, 5) is 10.0. The van der Waals surface area contributed by atoms with Crippen molar-refractivity contribution in [3.63, 3.8) is 0 Å². The first kappa shape index (κ1) is 85.3. The Morgan fingerprint density at radius 1 is 0.197 bits per heavy atom. The zero-order chi connectivity index (χ0) is 98.0. The lowest BCUT2D eigenvalue weighted by Crippen LogP contribution is -2.15. The molecule has 31 rings (SSSR count). The second kappa shape index (κ2) is 32.5. The Morgan fingerprint density at radius 2 is 0.510 bits per heavy atom. The van der Waals surface area contributed by atoms with Crippen LogP contribution in [0.25, 0.3) is 260 Å². The average molecular weight is 1890 g/mol. The number of hydrogen-bond donors (Lipinski definition) is 0. The van der Waals surface area contributed by atoms with Crippen molar-refractivity contribution in [3.8, 4) is 123 Å². The highest BCUT2D eigenvalue weighted by molar-refractivity contribution is 6.18. The number of benzene rings is 21. The SMILES string of the molecule is CC1(C)c2cc3oc4ccc(-c5ccc(-c6cc(-c7ccccc7)nc(-c7ccccc7)n6)cc5)cc4c3cc2-c2cc3c4ccccc4n(-c4ccccc4)c3cc21.CC1(C)c2cc3oc4ccccc4c3cc2-c2cc3c4ccccc4n(-c4ccc(-c5cccc6ccccc56)cc4)c3cc21.COc1ccc(-c2ccc(-n3c4ccccc4c4cc5c(cc43)C(C)(C)c3cc4oc6ccccc6c4cc3-5)cc2)cc1. The van der Waals surface area contributed by atoms with Crippen LogP contribution in [-0.4, -0.2) is 30.8 Å². The maximum atomic E-state index is 6.61. The molecule has 0 fully saturated rings. The van der Waals surface area contributed by atoms with E-state index in [4.69, 9.17) is 28.0 Å². The van der Waals surface area contributed by atoms with E-state index >= 15 is 0 Å². The molecule has 9 nitrogen and oxygen atoms in total. The normalized spacial score (nSPS) is 13.4. The van der Waals surface area contributed by atoms with Gasteiger partial charge in [0.2, 0.25) is 0 Å². The highest BCUT2D eigenvalue weighted by atomic mass is 16.5. The lowest BCUT2D eigenvalue weighted by molar-refractivity contribution is 0.415. The molecular weight excluding hydrogens is 1790 g/mol. The molecule has 0 N–H and O–H groups in total. The molecule has 0 bridgehead atoms. The molecule has 7 aromatic heterocycles. The molecule has 0 radical (unpaired) electrons. The van der Waals surface area contributed by atoms with Gasteiger partial charge in [0.05, 0.1) is 51.6 Å². The minimum atomic E-state index is -0.204. The number of rotatable bonds is 10. The summed E-state index contributed by atoms with van der Waals surface area (Å²) in [6.45, 7) is 14.1. The summed E-state index contributed by atoms with van der Waals surface area (Å²) in [6.07, 6.45) is 0. The van der Waals surface area contributed by atoms with Crippen LogP contribution in [0.1, 0.15) is 74.9 Å². The molecule has 696 valence electrons. The summed E-state index contributed by atoms with van der Waals surface area (Å²) in [5.74, 6) is 1.58. The smallest absolute Gasteiger partial charge is 0.160 e. The maximum absolute atomic E-state index is 6.61. The number of aromatic nitrogens is 5. The van der Waals surface area contributed by atoms with Gasteiger partial charge in [-0.1, -0.05) is 321 Å². The van der Waals surface area contributed by atoms with Gasteiger partial charge in [0.15, 0.2) is 5.82 Å². The van der Waals surface area contributed by atoms with Gasteiger partial charge in [0.1, 0.15) is 39.2 Å². The van der Waals surface area contributed by atoms with Gasteiger partial charge in [-0.2, -0.15) is 0 Å². The van der Waals surface area contributed by atoms with Gasteiger partial charge in [0, 0.05) is 115 Å². The van der Waals surface area contributed by atoms with Gasteiger partial charge in [-0.15, -0.1) is 0 Å². The molecule has 0 aliphatic heterocycles. The summed E-state index contributed by atoms with van der Waals surface area (Å²) in [5, 5.41) is 17.1. The largest absolute Gasteiger partial charge is 0.497 e. The first-order chi connectivity index (χ1) is 72.0. The lowest BCUT2D eigenvalue weighted by Gasteiger charge is -2.21. The number of hydrogen-bond acceptors (Lipinski definition) is 6. The van der Waals surface area contributed by atoms with Crippen molar-refractivity contribution in [1.82, 2.24) is 23.7 Å². The van der Waals surface area contributed by atoms with Crippen molar-refractivity contribution in [3.05, 3.63) is 482 Å². The van der Waals surface area contributed by atoms with E-state index in [0.29, 0.717) is 5.82 Å². The summed E-state index contributed by atoms with van der Waals surface area (Å²) in [5.41, 5.74) is 43.8. The van der Waals surface area contributed by atoms with Gasteiger partial charge in [-0.3, -0.25) is 0 Å². The fourth-order valence-corrected chi connectivity index (χ4v) is 24.6. The van der Waals surface area contributed by atoms with Crippen LogP contribution in [-0.2, 0) is 16.2 Å². The molecular formula is C138H95N5O4. The Labute approximate surface area is 848 Å². The molecule has 7 heterocycles. The van der Waals surface area contributed by atoms with Crippen LogP contribution >= 0.6 is 0 Å². The van der Waals surface area contributed by atoms with E-state index in [0.717, 1.165) is 94.9 Å². The Morgan fingerprint density at radius 3 is 0.966 bits per heavy atom. The van der Waals surface area contributed by atoms with E-state index in [1.165, 1.54) is 198 Å². The van der Waals surface area contributed by atoms with Crippen molar-refractivity contribution < 1.29 is 18.0 Å². The Bertz CT molecular complexity index is 10300. The van der Waals surface area contributed by atoms with Crippen LogP contribution in [0.2, 0.25) is 0 Å². The van der Waals surface area contributed by atoms with Crippen LogP contribution in [0, 0.1) is 0 Å². The van der Waals surface area contributed by atoms with Gasteiger partial charge < -0.3 is 31.7 Å². The number of fused-ring (bicyclic) bond motifs is 28. The van der Waals surface area contributed by atoms with E-state index < -0.39 is 0 Å². The fraction of sp³-hybridized carbons (Fsp3) is 0.0725. The molecule has 21 aromatic carbocycles. The third kappa shape index (κ3) is 13.3. The molecule has 0 unspecified atom stereocenters. The third-order valence-electron chi connectivity index (χ3n) is 32.1. The highest BCUT2D eigenvalue weighted by Gasteiger charge is 2.42. The van der Waals surface area contributed by atoms with E-state index in [-0.39, 0.29) is 16.2 Å².